The summed E-state index contributed by atoms with van der Waals surface area (Å²) >= 11 is 0. The third-order valence-electron chi connectivity index (χ3n) is 8.69. The van der Waals surface area contributed by atoms with Crippen LogP contribution in [0.15, 0.2) is 0 Å². The van der Waals surface area contributed by atoms with E-state index in [0.29, 0.717) is 157 Å². The lowest BCUT2D eigenvalue weighted by Crippen LogP contribution is -2.42. The zero-order valence-corrected chi connectivity index (χ0v) is 32.1. The number of amides is 4. The molecule has 4 bridgehead atoms. The van der Waals surface area contributed by atoms with Gasteiger partial charge in [-0.15, -0.1) is 0 Å². The Morgan fingerprint density at radius 1 is 0.241 bits per heavy atom. The molecule has 312 valence electrons. The van der Waals surface area contributed by atoms with Crippen molar-refractivity contribution in [2.24, 2.45) is 0 Å². The van der Waals surface area contributed by atoms with E-state index in [-0.39, 0.29) is 76.5 Å². The molecule has 0 saturated carbocycles. The van der Waals surface area contributed by atoms with Crippen molar-refractivity contribution in [3.63, 3.8) is 0 Å². The van der Waals surface area contributed by atoms with Crippen molar-refractivity contribution >= 4 is 23.6 Å². The molecule has 0 unspecified atom stereocenters. The predicted molar refractivity (Wildman–Crippen MR) is 193 cm³/mol. The monoisotopic (exact) mass is 776 g/mol. The maximum absolute atomic E-state index is 13.3. The summed E-state index contributed by atoms with van der Waals surface area (Å²) in [5, 5.41) is 0. The number of nitrogens with zero attached hydrogens (tertiary/aromatic N) is 4. The van der Waals surface area contributed by atoms with Crippen molar-refractivity contribution in [1.29, 1.82) is 0 Å². The van der Waals surface area contributed by atoms with E-state index in [1.54, 1.807) is 19.6 Å². The van der Waals surface area contributed by atoms with Gasteiger partial charge in [0.25, 0.3) is 0 Å². The maximum atomic E-state index is 13.3. The van der Waals surface area contributed by atoms with E-state index < -0.39 is 0 Å². The largest absolute Gasteiger partial charge is 0.379 e. The van der Waals surface area contributed by atoms with Crippen LogP contribution < -0.4 is 0 Å². The van der Waals surface area contributed by atoms with Gasteiger partial charge in [-0.05, 0) is 25.7 Å². The number of carbonyl (C=O) groups is 4. The van der Waals surface area contributed by atoms with E-state index in [1.165, 1.54) is 0 Å². The summed E-state index contributed by atoms with van der Waals surface area (Å²) in [4.78, 5) is 59.6. The normalized spacial score (nSPS) is 24.1. The summed E-state index contributed by atoms with van der Waals surface area (Å²) in [7, 11) is 0. The molecule has 3 rings (SSSR count). The molecule has 3 heterocycles. The molecular formula is C36H64N4O14. The van der Waals surface area contributed by atoms with Crippen LogP contribution >= 0.6 is 0 Å². The number of carbonyl (C=O) groups excluding carboxylic acids is 4. The molecule has 0 aromatic rings. The minimum Gasteiger partial charge on any atom is -0.379 e. The molecule has 0 aromatic carbocycles. The molecule has 0 radical (unpaired) electrons. The molecule has 54 heavy (non-hydrogen) atoms. The lowest BCUT2D eigenvalue weighted by Gasteiger charge is -2.26. The van der Waals surface area contributed by atoms with Crippen LogP contribution in [0.3, 0.4) is 0 Å². The molecule has 0 atom stereocenters. The molecular weight excluding hydrogens is 712 g/mol. The molecule has 0 spiro atoms. The minimum atomic E-state index is -0.271. The Labute approximate surface area is 319 Å². The summed E-state index contributed by atoms with van der Waals surface area (Å²) < 4.78 is 56.9. The Hall–Kier alpha value is -2.52. The molecule has 3 fully saturated rings. The Morgan fingerprint density at radius 2 is 0.444 bits per heavy atom. The van der Waals surface area contributed by atoms with Crippen molar-refractivity contribution in [2.75, 3.05) is 184 Å². The summed E-state index contributed by atoms with van der Waals surface area (Å²) in [5.74, 6) is -1.07. The predicted octanol–water partition coefficient (Wildman–Crippen LogP) is -0.932. The highest BCUT2D eigenvalue weighted by Gasteiger charge is 2.20. The van der Waals surface area contributed by atoms with Gasteiger partial charge < -0.3 is 67.0 Å². The van der Waals surface area contributed by atoms with E-state index >= 15 is 0 Å². The molecule has 3 aliphatic heterocycles. The lowest BCUT2D eigenvalue weighted by molar-refractivity contribution is -0.143. The zero-order valence-electron chi connectivity index (χ0n) is 32.1. The van der Waals surface area contributed by atoms with E-state index in [4.69, 9.17) is 47.4 Å². The van der Waals surface area contributed by atoms with Crippen LogP contribution in [0.4, 0.5) is 0 Å². The average molecular weight is 777 g/mol. The zero-order chi connectivity index (χ0) is 38.3. The van der Waals surface area contributed by atoms with E-state index in [9.17, 15) is 19.2 Å². The third-order valence-corrected chi connectivity index (χ3v) is 8.69. The number of hydrogen-bond donors (Lipinski definition) is 0. The van der Waals surface area contributed by atoms with Crippen LogP contribution in [0.5, 0.6) is 0 Å². The summed E-state index contributed by atoms with van der Waals surface area (Å²) in [6.07, 6.45) is 2.36. The molecule has 18 heteroatoms. The lowest BCUT2D eigenvalue weighted by atomic mass is 10.3. The van der Waals surface area contributed by atoms with Crippen LogP contribution in [-0.4, -0.2) is 228 Å². The second-order valence-corrected chi connectivity index (χ2v) is 12.8. The highest BCUT2D eigenvalue weighted by molar-refractivity contribution is 5.80. The number of fused-ring (bicyclic) bond motifs is 12. The molecule has 0 aromatic heterocycles. The second kappa shape index (κ2) is 30.7. The Kier molecular flexibility index (Phi) is 26.0. The number of ether oxygens (including phenoxy) is 10. The van der Waals surface area contributed by atoms with Crippen LogP contribution in [0.2, 0.25) is 0 Å². The molecule has 0 N–H and O–H groups in total. The van der Waals surface area contributed by atoms with Crippen LogP contribution in [-0.2, 0) is 66.5 Å². The standard InChI is InChI=1S/C36H64N4O14/c41-33-29-53-30-34(42)39-7-3-15-47-23-27-52-28-24-48-16-4-8-40(12-20-50-19-11-39)36(44)32-54-31-35(43)38-6-2-14-46-22-26-51-25-21-45-13-1-5-37(33)9-17-49-18-10-38/h1-32H2. The summed E-state index contributed by atoms with van der Waals surface area (Å²) in [6.45, 7) is 7.80. The summed E-state index contributed by atoms with van der Waals surface area (Å²) in [5.41, 5.74) is 0. The van der Waals surface area contributed by atoms with Gasteiger partial charge in [0.1, 0.15) is 26.4 Å². The van der Waals surface area contributed by atoms with Gasteiger partial charge in [-0.1, -0.05) is 0 Å². The van der Waals surface area contributed by atoms with Crippen LogP contribution in [0.25, 0.3) is 0 Å². The van der Waals surface area contributed by atoms with E-state index in [2.05, 4.69) is 0 Å². The highest BCUT2D eigenvalue weighted by atomic mass is 16.6. The Balaban J connectivity index is 1.73. The first-order chi connectivity index (χ1) is 26.5. The van der Waals surface area contributed by atoms with Crippen molar-refractivity contribution in [2.45, 2.75) is 25.7 Å². The first kappa shape index (κ1) is 45.9. The van der Waals surface area contributed by atoms with Crippen molar-refractivity contribution in [3.05, 3.63) is 0 Å². The van der Waals surface area contributed by atoms with Gasteiger partial charge in [-0.2, -0.15) is 0 Å². The van der Waals surface area contributed by atoms with Gasteiger partial charge in [0.2, 0.25) is 23.6 Å². The third kappa shape index (κ3) is 21.5. The summed E-state index contributed by atoms with van der Waals surface area (Å²) in [6, 6.07) is 0. The van der Waals surface area contributed by atoms with Gasteiger partial charge in [-0.3, -0.25) is 19.2 Å². The Bertz CT molecular complexity index is 878. The first-order valence-electron chi connectivity index (χ1n) is 19.4. The molecule has 18 nitrogen and oxygen atoms in total. The molecule has 4 amide bonds. The second-order valence-electron chi connectivity index (χ2n) is 12.8. The maximum Gasteiger partial charge on any atom is 0.248 e. The quantitative estimate of drug-likeness (QED) is 0.276. The van der Waals surface area contributed by atoms with Crippen molar-refractivity contribution < 1.29 is 66.5 Å². The van der Waals surface area contributed by atoms with E-state index in [1.807, 2.05) is 0 Å². The fourth-order valence-electron chi connectivity index (χ4n) is 5.68. The van der Waals surface area contributed by atoms with Crippen LogP contribution in [0, 0.1) is 0 Å². The van der Waals surface area contributed by atoms with Gasteiger partial charge in [0.05, 0.1) is 79.3 Å². The SMILES string of the molecule is O=C1COCC(=O)N2CCCOCCOCCOCCCN(CCOCC2)C(=O)COCC(=O)N2CCCOCCOCCOCCCN1CCOCC2. The number of hydrogen-bond acceptors (Lipinski definition) is 14. The first-order valence-corrected chi connectivity index (χ1v) is 19.4. The smallest absolute Gasteiger partial charge is 0.248 e. The fraction of sp³-hybridized carbons (Fsp3) is 0.889. The minimum absolute atomic E-state index is 0.234. The molecule has 0 aliphatic carbocycles. The van der Waals surface area contributed by atoms with Crippen molar-refractivity contribution in [3.8, 4) is 0 Å². The number of rotatable bonds is 0. The van der Waals surface area contributed by atoms with Crippen LogP contribution in [0.1, 0.15) is 25.7 Å². The average Bonchev–Trinajstić information content (AvgIpc) is 3.16. The van der Waals surface area contributed by atoms with Gasteiger partial charge in [0.15, 0.2) is 0 Å². The molecule has 3 aliphatic rings. The van der Waals surface area contributed by atoms with Gasteiger partial charge in [-0.25, -0.2) is 0 Å². The fourth-order valence-corrected chi connectivity index (χ4v) is 5.68. The molecule has 3 saturated heterocycles. The highest BCUT2D eigenvalue weighted by Crippen LogP contribution is 2.03. The topological polar surface area (TPSA) is 174 Å². The van der Waals surface area contributed by atoms with E-state index in [0.717, 1.165) is 0 Å². The Morgan fingerprint density at radius 3 is 0.685 bits per heavy atom. The van der Waals surface area contributed by atoms with Gasteiger partial charge >= 0.3 is 0 Å². The van der Waals surface area contributed by atoms with Gasteiger partial charge in [0, 0.05) is 78.8 Å². The van der Waals surface area contributed by atoms with Crippen molar-refractivity contribution in [1.82, 2.24) is 19.6 Å².